The van der Waals surface area contributed by atoms with Crippen molar-refractivity contribution < 1.29 is 40.9 Å². The van der Waals surface area contributed by atoms with E-state index >= 15 is 22.0 Å². The maximum absolute atomic E-state index is 17.7. The Labute approximate surface area is 382 Å². The smallest absolute Gasteiger partial charge is 0.417 e. The average molecular weight is 927 g/mol. The zero-order valence-electron chi connectivity index (χ0n) is 37.1. The summed E-state index contributed by atoms with van der Waals surface area (Å²) in [5.74, 6) is 0.275. The van der Waals surface area contributed by atoms with E-state index in [0.717, 1.165) is 35.7 Å². The van der Waals surface area contributed by atoms with Crippen molar-refractivity contribution in [2.75, 3.05) is 43.5 Å². The first kappa shape index (κ1) is 44.9. The molecule has 1 fully saturated rings. The summed E-state index contributed by atoms with van der Waals surface area (Å²) in [5.41, 5.74) is 0.199. The number of alkyl halides is 3. The lowest BCUT2D eigenvalue weighted by atomic mass is 9.94. The van der Waals surface area contributed by atoms with Gasteiger partial charge in [-0.15, -0.1) is 0 Å². The van der Waals surface area contributed by atoms with Crippen molar-refractivity contribution in [1.82, 2.24) is 29.7 Å². The van der Waals surface area contributed by atoms with Gasteiger partial charge < -0.3 is 28.7 Å². The fourth-order valence-corrected chi connectivity index (χ4v) is 9.42. The number of rotatable bonds is 12. The van der Waals surface area contributed by atoms with Crippen LogP contribution in [0.1, 0.15) is 73.2 Å². The molecule has 4 aromatic heterocycles. The van der Waals surface area contributed by atoms with E-state index in [1.807, 2.05) is 72.2 Å². The van der Waals surface area contributed by atoms with Crippen LogP contribution in [0.25, 0.3) is 33.1 Å². The van der Waals surface area contributed by atoms with Gasteiger partial charge in [0.25, 0.3) is 0 Å². The van der Waals surface area contributed by atoms with Crippen molar-refractivity contribution in [3.8, 4) is 28.6 Å². The molecule has 1 saturated heterocycles. The van der Waals surface area contributed by atoms with Crippen molar-refractivity contribution in [2.24, 2.45) is 0 Å². The summed E-state index contributed by atoms with van der Waals surface area (Å²) >= 11 is 1.14. The van der Waals surface area contributed by atoms with E-state index < -0.39 is 52.9 Å². The van der Waals surface area contributed by atoms with Crippen molar-refractivity contribution in [2.45, 2.75) is 82.8 Å². The monoisotopic (exact) mass is 926 g/mol. The largest absolute Gasteiger partial charge is 0.497 e. The van der Waals surface area contributed by atoms with Crippen LogP contribution in [0.2, 0.25) is 0 Å². The third-order valence-corrected chi connectivity index (χ3v) is 12.8. The number of thioether (sulfide) groups is 1. The van der Waals surface area contributed by atoms with E-state index in [-0.39, 0.29) is 45.3 Å². The summed E-state index contributed by atoms with van der Waals surface area (Å²) in [6.45, 7) is 6.27. The van der Waals surface area contributed by atoms with Gasteiger partial charge in [0.1, 0.15) is 52.2 Å². The van der Waals surface area contributed by atoms with E-state index in [1.165, 1.54) is 31.5 Å². The molecule has 18 heteroatoms. The SMILES string of the molecule is COc1ccc(CN(Cc2ccc(OC)cc2)c2ncc(F)cc2[C@@H](C)N2c3nc(SC)nc4c(F)c(-c5c(C(F)(F)F)c(C)cc6c5cnn6C5CCCCO5)nc(c34)OC[C@@H]2C)cc1. The van der Waals surface area contributed by atoms with E-state index in [4.69, 9.17) is 28.9 Å². The van der Waals surface area contributed by atoms with Gasteiger partial charge in [-0.1, -0.05) is 36.0 Å². The number of anilines is 2. The molecule has 6 heterocycles. The lowest BCUT2D eigenvalue weighted by Gasteiger charge is -2.37. The van der Waals surface area contributed by atoms with Gasteiger partial charge in [0.2, 0.25) is 5.88 Å². The fraction of sp³-hybridized carbons (Fsp3) is 0.354. The van der Waals surface area contributed by atoms with Crippen LogP contribution in [-0.2, 0) is 24.0 Å². The van der Waals surface area contributed by atoms with Crippen LogP contribution in [0, 0.1) is 18.6 Å². The van der Waals surface area contributed by atoms with Gasteiger partial charge in [0.05, 0.1) is 49.8 Å². The minimum atomic E-state index is -4.90. The number of methoxy groups -OCH3 is 2. The topological polar surface area (TPSA) is 113 Å². The van der Waals surface area contributed by atoms with Crippen LogP contribution in [0.4, 0.5) is 33.6 Å². The maximum atomic E-state index is 17.7. The third kappa shape index (κ3) is 8.40. The molecule has 2 aliphatic heterocycles. The number of aryl methyl sites for hydroxylation is 1. The number of pyridine rings is 2. The van der Waals surface area contributed by atoms with Gasteiger partial charge in [0.15, 0.2) is 17.2 Å². The van der Waals surface area contributed by atoms with Crippen LogP contribution >= 0.6 is 11.8 Å². The summed E-state index contributed by atoms with van der Waals surface area (Å²) in [6.07, 6.45) is 1.14. The molecule has 3 aromatic carbocycles. The number of ether oxygens (including phenoxy) is 4. The van der Waals surface area contributed by atoms with Crippen molar-refractivity contribution in [3.05, 3.63) is 113 Å². The summed E-state index contributed by atoms with van der Waals surface area (Å²) in [5, 5.41) is 4.75. The molecule has 0 N–H and O–H groups in total. The van der Waals surface area contributed by atoms with E-state index in [9.17, 15) is 0 Å². The fourth-order valence-electron chi connectivity index (χ4n) is 9.06. The molecular formula is C48H47F5N8O4S. The molecule has 0 aliphatic carbocycles. The second kappa shape index (κ2) is 18.2. The number of fused-ring (bicyclic) bond motifs is 1. The molecular weight excluding hydrogens is 880 g/mol. The predicted octanol–water partition coefficient (Wildman–Crippen LogP) is 11.0. The molecule has 1 unspecified atom stereocenters. The van der Waals surface area contributed by atoms with Crippen LogP contribution in [0.3, 0.4) is 0 Å². The highest BCUT2D eigenvalue weighted by Crippen LogP contribution is 2.48. The van der Waals surface area contributed by atoms with Crippen LogP contribution in [0.5, 0.6) is 17.4 Å². The minimum absolute atomic E-state index is 0.0474. The summed E-state index contributed by atoms with van der Waals surface area (Å²) in [4.78, 5) is 22.7. The Morgan fingerprint density at radius 1 is 0.924 bits per heavy atom. The molecule has 0 spiro atoms. The van der Waals surface area contributed by atoms with Gasteiger partial charge in [-0.2, -0.15) is 18.3 Å². The first-order valence-corrected chi connectivity index (χ1v) is 22.7. The van der Waals surface area contributed by atoms with Gasteiger partial charge in [-0.3, -0.25) is 0 Å². The molecule has 9 rings (SSSR count). The number of halogens is 5. The molecule has 7 aromatic rings. The first-order valence-electron chi connectivity index (χ1n) is 21.5. The molecule has 3 atom stereocenters. The average Bonchev–Trinajstić information content (AvgIpc) is 3.68. The predicted molar refractivity (Wildman–Crippen MR) is 242 cm³/mol. The highest BCUT2D eigenvalue weighted by Gasteiger charge is 2.41. The van der Waals surface area contributed by atoms with E-state index in [1.54, 1.807) is 25.2 Å². The standard InChI is InChI=1S/C48H47F5N8O4S/c1-26-19-36-35(22-55-61(36)37-9-7-8-18-64-37)38(40(26)48(51,52)53)42-41(50)43-39-45(58-47(57-43)66-6)60(27(2)25-65-46(39)56-42)28(3)34-20-31(49)21-54-44(34)59(23-29-10-14-32(62-4)15-11-29)24-30-12-16-33(63-5)17-13-30/h10-17,19-22,27-28,37H,7-9,18,23-25H2,1-6H3/t27-,28+,37?/m0/s1. The number of hydrogen-bond donors (Lipinski definition) is 0. The van der Waals surface area contributed by atoms with Gasteiger partial charge in [0, 0.05) is 36.2 Å². The summed E-state index contributed by atoms with van der Waals surface area (Å²) < 4.78 is 104. The van der Waals surface area contributed by atoms with Crippen LogP contribution in [-0.4, -0.2) is 69.4 Å². The summed E-state index contributed by atoms with van der Waals surface area (Å²) in [7, 11) is 3.20. The van der Waals surface area contributed by atoms with Crippen LogP contribution < -0.4 is 24.0 Å². The molecule has 66 heavy (non-hydrogen) atoms. The van der Waals surface area contributed by atoms with Crippen LogP contribution in [0.15, 0.2) is 78.2 Å². The Hall–Kier alpha value is -6.27. The number of benzene rings is 3. The normalized spacial score (nSPS) is 16.9. The van der Waals surface area contributed by atoms with Gasteiger partial charge in [-0.25, -0.2) is 33.4 Å². The minimum Gasteiger partial charge on any atom is -0.497 e. The zero-order chi connectivity index (χ0) is 46.4. The summed E-state index contributed by atoms with van der Waals surface area (Å²) in [6, 6.07) is 16.9. The second-order valence-electron chi connectivity index (χ2n) is 16.5. The molecule has 0 radical (unpaired) electrons. The Kier molecular flexibility index (Phi) is 12.4. The first-order chi connectivity index (χ1) is 31.8. The van der Waals surface area contributed by atoms with Crippen molar-refractivity contribution in [3.63, 3.8) is 0 Å². The lowest BCUT2D eigenvalue weighted by molar-refractivity contribution is -0.137. The second-order valence-corrected chi connectivity index (χ2v) is 17.3. The Morgan fingerprint density at radius 3 is 2.21 bits per heavy atom. The Morgan fingerprint density at radius 2 is 1.61 bits per heavy atom. The van der Waals surface area contributed by atoms with Crippen molar-refractivity contribution >= 4 is 45.2 Å². The van der Waals surface area contributed by atoms with Gasteiger partial charge in [-0.05, 0) is 99.4 Å². The molecule has 344 valence electrons. The van der Waals surface area contributed by atoms with Crippen molar-refractivity contribution in [1.29, 1.82) is 0 Å². The third-order valence-electron chi connectivity index (χ3n) is 12.2. The molecule has 0 saturated carbocycles. The molecule has 12 nitrogen and oxygen atoms in total. The number of aromatic nitrogens is 6. The molecule has 0 amide bonds. The number of nitrogens with zero attached hydrogens (tertiary/aromatic N) is 8. The Balaban J connectivity index is 1.20. The highest BCUT2D eigenvalue weighted by atomic mass is 32.2. The molecule has 2 aliphatic rings. The number of hydrogen-bond acceptors (Lipinski definition) is 12. The maximum Gasteiger partial charge on any atom is 0.417 e. The highest BCUT2D eigenvalue weighted by molar-refractivity contribution is 7.98. The molecule has 0 bridgehead atoms. The van der Waals surface area contributed by atoms with Gasteiger partial charge >= 0.3 is 6.18 Å². The quantitative estimate of drug-likeness (QED) is 0.0660. The lowest BCUT2D eigenvalue weighted by Crippen LogP contribution is -2.40. The Bertz CT molecular complexity index is 2860. The zero-order valence-corrected chi connectivity index (χ0v) is 37.9. The van der Waals surface area contributed by atoms with E-state index in [0.29, 0.717) is 54.5 Å². The van der Waals surface area contributed by atoms with E-state index in [2.05, 4.69) is 15.1 Å².